The molecule has 1 aromatic heterocycles. The molecule has 0 bridgehead atoms. The first-order valence-corrected chi connectivity index (χ1v) is 13.2. The van der Waals surface area contributed by atoms with Crippen molar-refractivity contribution in [1.29, 1.82) is 5.26 Å². The molecule has 36 heavy (non-hydrogen) atoms. The maximum atomic E-state index is 12.6. The number of hydrogen-bond acceptors (Lipinski definition) is 7. The number of hydrogen-bond donors (Lipinski definition) is 1. The lowest BCUT2D eigenvalue weighted by molar-refractivity contribution is -0.118. The molecule has 0 saturated heterocycles. The molecule has 4 rings (SSSR count). The van der Waals surface area contributed by atoms with Crippen molar-refractivity contribution in [1.82, 2.24) is 15.2 Å². The number of carbonyl (C=O) groups excluding carboxylic acids is 1. The molecule has 1 N–H and O–H groups in total. The van der Waals surface area contributed by atoms with Gasteiger partial charge in [-0.05, 0) is 48.0 Å². The van der Waals surface area contributed by atoms with Crippen molar-refractivity contribution in [2.75, 3.05) is 33.6 Å². The summed E-state index contributed by atoms with van der Waals surface area (Å²) in [5.41, 5.74) is 5.20. The van der Waals surface area contributed by atoms with Gasteiger partial charge in [0.2, 0.25) is 5.91 Å². The van der Waals surface area contributed by atoms with Crippen LogP contribution in [0.15, 0.2) is 52.0 Å². The number of nitriles is 1. The van der Waals surface area contributed by atoms with Crippen LogP contribution in [0.3, 0.4) is 0 Å². The van der Waals surface area contributed by atoms with Gasteiger partial charge in [0, 0.05) is 41.8 Å². The van der Waals surface area contributed by atoms with Crippen LogP contribution in [0.5, 0.6) is 11.5 Å². The molecule has 1 aliphatic heterocycles. The SMILES string of the molecule is COc1ccc(-c2c(C#N)c(SCC(=O)NCc3ccc(Br)cc3)nc3c2CN(C)CC3)cc1OC. The lowest BCUT2D eigenvalue weighted by Gasteiger charge is -2.28. The molecule has 3 aromatic rings. The van der Waals surface area contributed by atoms with Crippen molar-refractivity contribution >= 4 is 33.6 Å². The third kappa shape index (κ3) is 5.84. The minimum atomic E-state index is -0.112. The topological polar surface area (TPSA) is 87.5 Å². The number of amides is 1. The van der Waals surface area contributed by atoms with Gasteiger partial charge in [-0.15, -0.1) is 0 Å². The quantitative estimate of drug-likeness (QED) is 0.392. The first-order chi connectivity index (χ1) is 17.4. The van der Waals surface area contributed by atoms with E-state index in [0.717, 1.165) is 45.4 Å². The molecular formula is C27H27BrN4O3S. The second-order valence-electron chi connectivity index (χ2n) is 8.45. The normalized spacial score (nSPS) is 13.0. The van der Waals surface area contributed by atoms with E-state index >= 15 is 0 Å². The molecule has 2 heterocycles. The Morgan fingerprint density at radius 3 is 2.64 bits per heavy atom. The zero-order chi connectivity index (χ0) is 25.7. The maximum absolute atomic E-state index is 12.6. The van der Waals surface area contributed by atoms with E-state index in [1.54, 1.807) is 14.2 Å². The minimum absolute atomic E-state index is 0.112. The molecule has 2 aromatic carbocycles. The van der Waals surface area contributed by atoms with E-state index in [2.05, 4.69) is 39.3 Å². The standard InChI is InChI=1S/C27H27BrN4O3S/c1-32-11-10-22-21(15-32)26(18-6-9-23(34-2)24(12-18)35-3)20(13-29)27(31-22)36-16-25(33)30-14-17-4-7-19(28)8-5-17/h4-9,12H,10-11,14-16H2,1-3H3,(H,30,33). The summed E-state index contributed by atoms with van der Waals surface area (Å²) in [5.74, 6) is 1.27. The summed E-state index contributed by atoms with van der Waals surface area (Å²) in [4.78, 5) is 19.7. The zero-order valence-electron chi connectivity index (χ0n) is 20.4. The molecule has 0 aliphatic carbocycles. The highest BCUT2D eigenvalue weighted by Crippen LogP contribution is 2.40. The number of fused-ring (bicyclic) bond motifs is 1. The molecule has 0 unspecified atom stereocenters. The van der Waals surface area contributed by atoms with Gasteiger partial charge in [0.05, 0.1) is 25.5 Å². The number of carbonyl (C=O) groups is 1. The van der Waals surface area contributed by atoms with Crippen LogP contribution in [0, 0.1) is 11.3 Å². The second-order valence-corrected chi connectivity index (χ2v) is 10.3. The van der Waals surface area contributed by atoms with E-state index < -0.39 is 0 Å². The van der Waals surface area contributed by atoms with Crippen LogP contribution >= 0.6 is 27.7 Å². The Balaban J connectivity index is 1.63. The lowest BCUT2D eigenvalue weighted by Crippen LogP contribution is -2.28. The fourth-order valence-electron chi connectivity index (χ4n) is 4.18. The van der Waals surface area contributed by atoms with Crippen molar-refractivity contribution in [3.63, 3.8) is 0 Å². The van der Waals surface area contributed by atoms with E-state index in [4.69, 9.17) is 14.5 Å². The number of pyridine rings is 1. The number of thioether (sulfide) groups is 1. The fraction of sp³-hybridized carbons (Fsp3) is 0.296. The highest BCUT2D eigenvalue weighted by molar-refractivity contribution is 9.10. The molecule has 1 aliphatic rings. The van der Waals surface area contributed by atoms with Gasteiger partial charge in [-0.1, -0.05) is 45.9 Å². The van der Waals surface area contributed by atoms with Crippen molar-refractivity contribution in [2.45, 2.75) is 24.5 Å². The third-order valence-electron chi connectivity index (χ3n) is 6.04. The molecule has 9 heteroatoms. The van der Waals surface area contributed by atoms with Crippen molar-refractivity contribution in [2.24, 2.45) is 0 Å². The van der Waals surface area contributed by atoms with Crippen LogP contribution in [0.1, 0.15) is 22.4 Å². The molecule has 0 saturated carbocycles. The van der Waals surface area contributed by atoms with Crippen molar-refractivity contribution in [3.05, 3.63) is 69.3 Å². The van der Waals surface area contributed by atoms with Crippen LogP contribution in [0.25, 0.3) is 11.1 Å². The predicted octanol–water partition coefficient (Wildman–Crippen LogP) is 4.80. The largest absolute Gasteiger partial charge is 0.493 e. The maximum Gasteiger partial charge on any atom is 0.230 e. The Morgan fingerprint density at radius 2 is 1.94 bits per heavy atom. The molecule has 0 atom stereocenters. The highest BCUT2D eigenvalue weighted by atomic mass is 79.9. The first-order valence-electron chi connectivity index (χ1n) is 11.4. The summed E-state index contributed by atoms with van der Waals surface area (Å²) in [6.45, 7) is 2.02. The van der Waals surface area contributed by atoms with Crippen LogP contribution in [0.2, 0.25) is 0 Å². The van der Waals surface area contributed by atoms with Crippen molar-refractivity contribution in [3.8, 4) is 28.7 Å². The summed E-state index contributed by atoms with van der Waals surface area (Å²) in [6, 6.07) is 15.9. The number of halogens is 1. The zero-order valence-corrected chi connectivity index (χ0v) is 22.8. The second kappa shape index (κ2) is 11.8. The highest BCUT2D eigenvalue weighted by Gasteiger charge is 2.26. The van der Waals surface area contributed by atoms with E-state index in [1.165, 1.54) is 11.8 Å². The summed E-state index contributed by atoms with van der Waals surface area (Å²) >= 11 is 4.71. The number of rotatable bonds is 8. The lowest BCUT2D eigenvalue weighted by atomic mass is 9.91. The van der Waals surface area contributed by atoms with Crippen LogP contribution in [-0.2, 0) is 24.3 Å². The molecule has 0 spiro atoms. The fourth-order valence-corrected chi connectivity index (χ4v) is 5.28. The minimum Gasteiger partial charge on any atom is -0.493 e. The van der Waals surface area contributed by atoms with Gasteiger partial charge < -0.3 is 19.7 Å². The molecule has 0 radical (unpaired) electrons. The number of nitrogens with zero attached hydrogens (tertiary/aromatic N) is 3. The smallest absolute Gasteiger partial charge is 0.230 e. The van der Waals surface area contributed by atoms with Gasteiger partial charge in [0.1, 0.15) is 11.1 Å². The molecule has 186 valence electrons. The van der Waals surface area contributed by atoms with Gasteiger partial charge in [-0.3, -0.25) is 4.79 Å². The monoisotopic (exact) mass is 566 g/mol. The van der Waals surface area contributed by atoms with E-state index in [-0.39, 0.29) is 11.7 Å². The number of benzene rings is 2. The number of ether oxygens (including phenoxy) is 2. The van der Waals surface area contributed by atoms with Gasteiger partial charge in [-0.25, -0.2) is 4.98 Å². The van der Waals surface area contributed by atoms with Gasteiger partial charge in [0.25, 0.3) is 0 Å². The van der Waals surface area contributed by atoms with Crippen LogP contribution in [0.4, 0.5) is 0 Å². The Bertz CT molecular complexity index is 1310. The molecule has 0 fully saturated rings. The Morgan fingerprint density at radius 1 is 1.19 bits per heavy atom. The van der Waals surface area contributed by atoms with Gasteiger partial charge in [-0.2, -0.15) is 5.26 Å². The number of nitrogens with one attached hydrogen (secondary N) is 1. The summed E-state index contributed by atoms with van der Waals surface area (Å²) < 4.78 is 11.9. The van der Waals surface area contributed by atoms with Gasteiger partial charge in [0.15, 0.2) is 11.5 Å². The first kappa shape index (κ1) is 26.0. The van der Waals surface area contributed by atoms with Crippen molar-refractivity contribution < 1.29 is 14.3 Å². The van der Waals surface area contributed by atoms with E-state index in [1.807, 2.05) is 42.5 Å². The molecule has 7 nitrogen and oxygen atoms in total. The molecule has 1 amide bonds. The Labute approximate surface area is 223 Å². The summed E-state index contributed by atoms with van der Waals surface area (Å²) in [6.07, 6.45) is 0.779. The summed E-state index contributed by atoms with van der Waals surface area (Å²) in [5, 5.41) is 13.7. The number of methoxy groups -OCH3 is 2. The van der Waals surface area contributed by atoms with Crippen LogP contribution in [-0.4, -0.2) is 49.4 Å². The van der Waals surface area contributed by atoms with Gasteiger partial charge >= 0.3 is 0 Å². The average molecular weight is 568 g/mol. The Kier molecular flexibility index (Phi) is 8.52. The number of aromatic nitrogens is 1. The van der Waals surface area contributed by atoms with E-state index in [9.17, 15) is 10.1 Å². The summed E-state index contributed by atoms with van der Waals surface area (Å²) in [7, 11) is 5.25. The Hall–Kier alpha value is -3.06. The number of likely N-dealkylation sites (N-methyl/N-ethyl adjacent to an activating group) is 1. The predicted molar refractivity (Wildman–Crippen MR) is 144 cm³/mol. The van der Waals surface area contributed by atoms with E-state index in [0.29, 0.717) is 35.2 Å². The third-order valence-corrected chi connectivity index (χ3v) is 7.54. The molecular weight excluding hydrogens is 540 g/mol. The van der Waals surface area contributed by atoms with Crippen LogP contribution < -0.4 is 14.8 Å². The average Bonchev–Trinajstić information content (AvgIpc) is 2.90.